The van der Waals surface area contributed by atoms with Crippen LogP contribution in [0.3, 0.4) is 0 Å². The van der Waals surface area contributed by atoms with Crippen molar-refractivity contribution < 1.29 is 4.74 Å². The highest BCUT2D eigenvalue weighted by Crippen LogP contribution is 2.45. The van der Waals surface area contributed by atoms with Crippen molar-refractivity contribution in [3.63, 3.8) is 0 Å². The standard InChI is InChI=1S/C23H44O/c1-4-7-9-17-23(24-6-3)18-15-22(16-19-23)21-13-11-20(12-14-21)10-8-5-2/h20-22H,4-19H2,1-3H3/t20?,21?,22-,23+. The van der Waals surface area contributed by atoms with Gasteiger partial charge in [-0.2, -0.15) is 0 Å². The number of rotatable bonds is 10. The van der Waals surface area contributed by atoms with Crippen molar-refractivity contribution in [2.24, 2.45) is 17.8 Å². The van der Waals surface area contributed by atoms with Crippen LogP contribution in [-0.2, 0) is 4.74 Å². The quantitative estimate of drug-likeness (QED) is 0.375. The molecule has 0 amide bonds. The summed E-state index contributed by atoms with van der Waals surface area (Å²) in [7, 11) is 0. The minimum atomic E-state index is 0.249. The zero-order valence-electron chi connectivity index (χ0n) is 17.0. The molecule has 0 saturated heterocycles. The average Bonchev–Trinajstić information content (AvgIpc) is 2.62. The first kappa shape index (κ1) is 20.3. The van der Waals surface area contributed by atoms with Crippen LogP contribution >= 0.6 is 0 Å². The van der Waals surface area contributed by atoms with Gasteiger partial charge in [-0.15, -0.1) is 0 Å². The number of hydrogen-bond donors (Lipinski definition) is 0. The Morgan fingerprint density at radius 2 is 1.38 bits per heavy atom. The average molecular weight is 337 g/mol. The second-order valence-electron chi connectivity index (χ2n) is 8.83. The maximum absolute atomic E-state index is 6.31. The molecule has 0 radical (unpaired) electrons. The van der Waals surface area contributed by atoms with E-state index in [0.717, 1.165) is 24.4 Å². The summed E-state index contributed by atoms with van der Waals surface area (Å²) < 4.78 is 6.31. The van der Waals surface area contributed by atoms with Crippen LogP contribution < -0.4 is 0 Å². The highest BCUT2D eigenvalue weighted by Gasteiger charge is 2.38. The SMILES string of the molecule is CCCCC[C@]1(OCC)CC[C@@H](C2CCC(CCCC)CC2)CC1. The smallest absolute Gasteiger partial charge is 0.0682 e. The van der Waals surface area contributed by atoms with Crippen LogP contribution in [0.4, 0.5) is 0 Å². The lowest BCUT2D eigenvalue weighted by Gasteiger charge is -2.44. The summed E-state index contributed by atoms with van der Waals surface area (Å²) in [5.41, 5.74) is 0.249. The lowest BCUT2D eigenvalue weighted by molar-refractivity contribution is -0.0855. The predicted molar refractivity (Wildman–Crippen MR) is 105 cm³/mol. The summed E-state index contributed by atoms with van der Waals surface area (Å²) >= 11 is 0. The van der Waals surface area contributed by atoms with E-state index >= 15 is 0 Å². The van der Waals surface area contributed by atoms with Gasteiger partial charge in [-0.3, -0.25) is 0 Å². The lowest BCUT2D eigenvalue weighted by Crippen LogP contribution is -2.39. The Hall–Kier alpha value is -0.0400. The maximum atomic E-state index is 6.31. The fraction of sp³-hybridized carbons (Fsp3) is 1.00. The van der Waals surface area contributed by atoms with Gasteiger partial charge in [-0.1, -0.05) is 65.2 Å². The van der Waals surface area contributed by atoms with Gasteiger partial charge in [0.05, 0.1) is 5.60 Å². The van der Waals surface area contributed by atoms with Gasteiger partial charge < -0.3 is 4.74 Å². The van der Waals surface area contributed by atoms with E-state index in [1.165, 1.54) is 96.3 Å². The van der Waals surface area contributed by atoms with Gasteiger partial charge in [0, 0.05) is 6.61 Å². The van der Waals surface area contributed by atoms with Crippen LogP contribution in [0.15, 0.2) is 0 Å². The van der Waals surface area contributed by atoms with Gasteiger partial charge in [-0.05, 0) is 69.6 Å². The molecule has 142 valence electrons. The summed E-state index contributed by atoms with van der Waals surface area (Å²) in [6.07, 6.45) is 21.4. The van der Waals surface area contributed by atoms with Crippen molar-refractivity contribution in [3.8, 4) is 0 Å². The predicted octanol–water partition coefficient (Wildman–Crippen LogP) is 7.53. The third-order valence-corrected chi connectivity index (χ3v) is 7.15. The van der Waals surface area contributed by atoms with Crippen LogP contribution in [0.1, 0.15) is 117 Å². The molecule has 1 heteroatoms. The molecule has 0 N–H and O–H groups in total. The number of hydrogen-bond acceptors (Lipinski definition) is 1. The molecule has 0 heterocycles. The van der Waals surface area contributed by atoms with Gasteiger partial charge >= 0.3 is 0 Å². The summed E-state index contributed by atoms with van der Waals surface area (Å²) in [4.78, 5) is 0. The van der Waals surface area contributed by atoms with Gasteiger partial charge in [0.2, 0.25) is 0 Å². The topological polar surface area (TPSA) is 9.23 Å². The maximum Gasteiger partial charge on any atom is 0.0682 e. The van der Waals surface area contributed by atoms with Crippen LogP contribution in [-0.4, -0.2) is 12.2 Å². The fourth-order valence-electron chi connectivity index (χ4n) is 5.55. The van der Waals surface area contributed by atoms with E-state index in [1.807, 2.05) is 0 Å². The minimum absolute atomic E-state index is 0.249. The highest BCUT2D eigenvalue weighted by atomic mass is 16.5. The summed E-state index contributed by atoms with van der Waals surface area (Å²) in [5.74, 6) is 3.11. The van der Waals surface area contributed by atoms with Gasteiger partial charge in [-0.25, -0.2) is 0 Å². The largest absolute Gasteiger partial charge is 0.375 e. The Labute approximate surface area is 152 Å². The molecular weight excluding hydrogens is 292 g/mol. The third-order valence-electron chi connectivity index (χ3n) is 7.15. The molecule has 24 heavy (non-hydrogen) atoms. The lowest BCUT2D eigenvalue weighted by atomic mass is 9.67. The first-order valence-electron chi connectivity index (χ1n) is 11.4. The van der Waals surface area contributed by atoms with Crippen molar-refractivity contribution in [2.45, 2.75) is 123 Å². The molecule has 0 aromatic rings. The summed E-state index contributed by atoms with van der Waals surface area (Å²) in [5, 5.41) is 0. The molecule has 0 aliphatic heterocycles. The Kier molecular flexibility index (Phi) is 9.16. The fourth-order valence-corrected chi connectivity index (χ4v) is 5.55. The molecule has 2 aliphatic carbocycles. The molecule has 0 aromatic carbocycles. The van der Waals surface area contributed by atoms with Crippen LogP contribution in [0.2, 0.25) is 0 Å². The van der Waals surface area contributed by atoms with Gasteiger partial charge in [0.15, 0.2) is 0 Å². The van der Waals surface area contributed by atoms with Crippen molar-refractivity contribution in [3.05, 3.63) is 0 Å². The Balaban J connectivity index is 1.74. The molecule has 0 atom stereocenters. The van der Waals surface area contributed by atoms with Crippen molar-refractivity contribution in [2.75, 3.05) is 6.61 Å². The molecule has 0 spiro atoms. The number of ether oxygens (including phenoxy) is 1. The first-order valence-corrected chi connectivity index (χ1v) is 11.4. The zero-order chi connectivity index (χ0) is 17.3. The molecule has 2 fully saturated rings. The van der Waals surface area contributed by atoms with E-state index in [0.29, 0.717) is 0 Å². The Bertz CT molecular complexity index is 308. The van der Waals surface area contributed by atoms with Crippen LogP contribution in [0, 0.1) is 17.8 Å². The van der Waals surface area contributed by atoms with Crippen molar-refractivity contribution in [1.29, 1.82) is 0 Å². The van der Waals surface area contributed by atoms with E-state index in [-0.39, 0.29) is 5.60 Å². The molecule has 0 aromatic heterocycles. The number of unbranched alkanes of at least 4 members (excludes halogenated alkanes) is 3. The van der Waals surface area contributed by atoms with E-state index in [9.17, 15) is 0 Å². The molecule has 0 bridgehead atoms. The molecule has 2 aliphatic rings. The molecular formula is C23H44O. The van der Waals surface area contributed by atoms with E-state index in [4.69, 9.17) is 4.74 Å². The second kappa shape index (κ2) is 10.8. The van der Waals surface area contributed by atoms with Crippen LogP contribution in [0.5, 0.6) is 0 Å². The molecule has 2 rings (SSSR count). The Morgan fingerprint density at radius 3 is 1.96 bits per heavy atom. The highest BCUT2D eigenvalue weighted by molar-refractivity contribution is 4.90. The van der Waals surface area contributed by atoms with E-state index in [2.05, 4.69) is 20.8 Å². The molecule has 2 saturated carbocycles. The summed E-state index contributed by atoms with van der Waals surface area (Å²) in [6.45, 7) is 7.73. The van der Waals surface area contributed by atoms with Crippen LogP contribution in [0.25, 0.3) is 0 Å². The first-order chi connectivity index (χ1) is 11.7. The zero-order valence-corrected chi connectivity index (χ0v) is 17.0. The van der Waals surface area contributed by atoms with Gasteiger partial charge in [0.25, 0.3) is 0 Å². The molecule has 0 unspecified atom stereocenters. The summed E-state index contributed by atoms with van der Waals surface area (Å²) in [6, 6.07) is 0. The van der Waals surface area contributed by atoms with Gasteiger partial charge in [0.1, 0.15) is 0 Å². The minimum Gasteiger partial charge on any atom is -0.375 e. The van der Waals surface area contributed by atoms with E-state index in [1.54, 1.807) is 0 Å². The van der Waals surface area contributed by atoms with E-state index < -0.39 is 0 Å². The molecule has 1 nitrogen and oxygen atoms in total. The van der Waals surface area contributed by atoms with Crippen molar-refractivity contribution in [1.82, 2.24) is 0 Å². The monoisotopic (exact) mass is 336 g/mol. The normalized spacial score (nSPS) is 34.4. The second-order valence-corrected chi connectivity index (χ2v) is 8.83. The Morgan fingerprint density at radius 1 is 0.750 bits per heavy atom. The third kappa shape index (κ3) is 6.04. The van der Waals surface area contributed by atoms with Crippen molar-refractivity contribution >= 4 is 0 Å².